The van der Waals surface area contributed by atoms with Gasteiger partial charge < -0.3 is 10.6 Å². The van der Waals surface area contributed by atoms with Gasteiger partial charge in [0.05, 0.1) is 22.3 Å². The number of fused-ring (bicyclic) bond motifs is 1. The molecule has 0 saturated heterocycles. The third-order valence-electron chi connectivity index (χ3n) is 4.05. The number of nitrogens with one attached hydrogen (secondary N) is 3. The lowest BCUT2D eigenvalue weighted by Gasteiger charge is -2.10. The van der Waals surface area contributed by atoms with Crippen molar-refractivity contribution >= 4 is 39.7 Å². The Hall–Kier alpha value is -4.01. The molecule has 4 aromatic rings. The minimum atomic E-state index is -0.435. The number of aromatic amines is 1. The van der Waals surface area contributed by atoms with Crippen LogP contribution in [0, 0.1) is 17.0 Å². The van der Waals surface area contributed by atoms with Crippen molar-refractivity contribution < 1.29 is 4.92 Å². The Morgan fingerprint density at radius 1 is 1.11 bits per heavy atom. The molecule has 2 heterocycles. The molecule has 3 N–H and O–H groups in total. The molecule has 0 unspecified atom stereocenters. The summed E-state index contributed by atoms with van der Waals surface area (Å²) in [5, 5.41) is 25.1. The number of hydrogen-bond donors (Lipinski definition) is 3. The van der Waals surface area contributed by atoms with E-state index in [1.165, 1.54) is 12.1 Å². The van der Waals surface area contributed by atoms with E-state index >= 15 is 0 Å². The Morgan fingerprint density at radius 2 is 2.00 bits per heavy atom. The number of nitro benzene ring substituents is 1. The molecule has 9 heteroatoms. The van der Waals surface area contributed by atoms with Crippen LogP contribution < -0.4 is 10.6 Å². The zero-order valence-corrected chi connectivity index (χ0v) is 14.3. The van der Waals surface area contributed by atoms with Crippen molar-refractivity contribution in [1.82, 2.24) is 20.2 Å². The molecule has 0 aliphatic rings. The Kier molecular flexibility index (Phi) is 4.09. The van der Waals surface area contributed by atoms with E-state index < -0.39 is 4.92 Å². The first kappa shape index (κ1) is 16.5. The fourth-order valence-electron chi connectivity index (χ4n) is 2.64. The number of nitrogens with zero attached hydrogens (tertiary/aromatic N) is 4. The summed E-state index contributed by atoms with van der Waals surface area (Å²) < 4.78 is 0. The Bertz CT molecular complexity index is 1140. The van der Waals surface area contributed by atoms with Crippen LogP contribution in [0.3, 0.4) is 0 Å². The van der Waals surface area contributed by atoms with Crippen molar-refractivity contribution in [2.45, 2.75) is 6.92 Å². The SMILES string of the molecule is Cc1ccc([N+](=O)[O-])cc1Nc1nccc(Nc2ccc3[nH]ncc3c2)n1. The molecule has 0 bridgehead atoms. The topological polar surface area (TPSA) is 122 Å². The number of non-ortho nitro benzene ring substituents is 1. The van der Waals surface area contributed by atoms with E-state index in [9.17, 15) is 10.1 Å². The number of aryl methyl sites for hydroxylation is 1. The Balaban J connectivity index is 1.57. The number of H-pyrrole nitrogens is 1. The largest absolute Gasteiger partial charge is 0.340 e. The zero-order valence-electron chi connectivity index (χ0n) is 14.3. The predicted octanol–water partition coefficient (Wildman–Crippen LogP) is 4.06. The third kappa shape index (κ3) is 3.52. The summed E-state index contributed by atoms with van der Waals surface area (Å²) in [6, 6.07) is 12.2. The van der Waals surface area contributed by atoms with Crippen LogP contribution in [0.15, 0.2) is 54.9 Å². The first-order valence-corrected chi connectivity index (χ1v) is 8.14. The van der Waals surface area contributed by atoms with Gasteiger partial charge in [0, 0.05) is 29.4 Å². The maximum atomic E-state index is 11.0. The monoisotopic (exact) mass is 361 g/mol. The minimum absolute atomic E-state index is 0.00537. The second kappa shape index (κ2) is 6.71. The van der Waals surface area contributed by atoms with Crippen LogP contribution in [0.4, 0.5) is 28.8 Å². The first-order valence-electron chi connectivity index (χ1n) is 8.14. The Labute approximate surface area is 153 Å². The zero-order chi connectivity index (χ0) is 18.8. The van der Waals surface area contributed by atoms with Gasteiger partial charge in [-0.1, -0.05) is 6.07 Å². The van der Waals surface area contributed by atoms with Crippen LogP contribution >= 0.6 is 0 Å². The molecule has 0 amide bonds. The summed E-state index contributed by atoms with van der Waals surface area (Å²) in [5.41, 5.74) is 3.26. The molecule has 0 saturated carbocycles. The van der Waals surface area contributed by atoms with Crippen molar-refractivity contribution in [2.75, 3.05) is 10.6 Å². The second-order valence-corrected chi connectivity index (χ2v) is 5.94. The first-order chi connectivity index (χ1) is 13.1. The number of hydrogen-bond acceptors (Lipinski definition) is 7. The molecule has 4 rings (SSSR count). The smallest absolute Gasteiger partial charge is 0.271 e. The minimum Gasteiger partial charge on any atom is -0.340 e. The fourth-order valence-corrected chi connectivity index (χ4v) is 2.64. The number of anilines is 4. The molecule has 0 spiro atoms. The standard InChI is InChI=1S/C18H15N7O2/c1-11-2-4-14(25(26)27)9-16(11)22-18-19-7-6-17(23-18)21-13-3-5-15-12(8-13)10-20-24-15/h2-10H,1H3,(H,20,24)(H2,19,21,22,23). The molecule has 9 nitrogen and oxygen atoms in total. The molecular weight excluding hydrogens is 346 g/mol. The summed E-state index contributed by atoms with van der Waals surface area (Å²) in [5.74, 6) is 0.936. The lowest BCUT2D eigenvalue weighted by molar-refractivity contribution is -0.384. The summed E-state index contributed by atoms with van der Waals surface area (Å²) in [7, 11) is 0. The summed E-state index contributed by atoms with van der Waals surface area (Å²) in [6.45, 7) is 1.86. The Morgan fingerprint density at radius 3 is 2.85 bits per heavy atom. The normalized spacial score (nSPS) is 10.7. The lowest BCUT2D eigenvalue weighted by atomic mass is 10.2. The van der Waals surface area contributed by atoms with Gasteiger partial charge in [0.15, 0.2) is 0 Å². The number of benzene rings is 2. The highest BCUT2D eigenvalue weighted by Crippen LogP contribution is 2.25. The van der Waals surface area contributed by atoms with Gasteiger partial charge in [-0.05, 0) is 36.8 Å². The molecule has 0 aliphatic carbocycles. The van der Waals surface area contributed by atoms with Gasteiger partial charge in [-0.3, -0.25) is 15.2 Å². The molecule has 0 aliphatic heterocycles. The van der Waals surface area contributed by atoms with Gasteiger partial charge in [0.25, 0.3) is 5.69 Å². The van der Waals surface area contributed by atoms with E-state index in [0.29, 0.717) is 17.5 Å². The average molecular weight is 361 g/mol. The van der Waals surface area contributed by atoms with E-state index in [1.54, 1.807) is 24.5 Å². The van der Waals surface area contributed by atoms with E-state index in [0.717, 1.165) is 22.2 Å². The second-order valence-electron chi connectivity index (χ2n) is 5.94. The van der Waals surface area contributed by atoms with Gasteiger partial charge in [-0.2, -0.15) is 10.1 Å². The van der Waals surface area contributed by atoms with Gasteiger partial charge in [0.1, 0.15) is 5.82 Å². The van der Waals surface area contributed by atoms with Crippen LogP contribution in [0.2, 0.25) is 0 Å². The van der Waals surface area contributed by atoms with E-state index in [4.69, 9.17) is 0 Å². The van der Waals surface area contributed by atoms with Crippen LogP contribution in [0.1, 0.15) is 5.56 Å². The van der Waals surface area contributed by atoms with Gasteiger partial charge in [0.2, 0.25) is 5.95 Å². The van der Waals surface area contributed by atoms with Crippen LogP contribution in [-0.2, 0) is 0 Å². The highest BCUT2D eigenvalue weighted by molar-refractivity contribution is 5.82. The molecule has 0 fully saturated rings. The van der Waals surface area contributed by atoms with Crippen molar-refractivity contribution in [3.63, 3.8) is 0 Å². The van der Waals surface area contributed by atoms with Crippen LogP contribution in [0.5, 0.6) is 0 Å². The number of nitro groups is 1. The average Bonchev–Trinajstić information content (AvgIpc) is 3.11. The third-order valence-corrected chi connectivity index (χ3v) is 4.05. The van der Waals surface area contributed by atoms with Crippen molar-refractivity contribution in [2.24, 2.45) is 0 Å². The maximum Gasteiger partial charge on any atom is 0.271 e. The van der Waals surface area contributed by atoms with Crippen LogP contribution in [-0.4, -0.2) is 25.1 Å². The van der Waals surface area contributed by atoms with Gasteiger partial charge in [-0.15, -0.1) is 0 Å². The summed E-state index contributed by atoms with van der Waals surface area (Å²) in [6.07, 6.45) is 3.36. The lowest BCUT2D eigenvalue weighted by Crippen LogP contribution is -2.02. The van der Waals surface area contributed by atoms with E-state index in [1.807, 2.05) is 25.1 Å². The fraction of sp³-hybridized carbons (Fsp3) is 0.0556. The highest BCUT2D eigenvalue weighted by atomic mass is 16.6. The maximum absolute atomic E-state index is 11.0. The molecule has 0 atom stereocenters. The van der Waals surface area contributed by atoms with Crippen molar-refractivity contribution in [3.05, 3.63) is 70.5 Å². The number of aromatic nitrogens is 4. The molecular formula is C18H15N7O2. The highest BCUT2D eigenvalue weighted by Gasteiger charge is 2.10. The molecule has 134 valence electrons. The van der Waals surface area contributed by atoms with Gasteiger partial charge >= 0.3 is 0 Å². The summed E-state index contributed by atoms with van der Waals surface area (Å²) in [4.78, 5) is 19.1. The van der Waals surface area contributed by atoms with E-state index in [-0.39, 0.29) is 5.69 Å². The quantitative estimate of drug-likeness (QED) is 0.362. The predicted molar refractivity (Wildman–Crippen MR) is 103 cm³/mol. The summed E-state index contributed by atoms with van der Waals surface area (Å²) >= 11 is 0. The molecule has 0 radical (unpaired) electrons. The van der Waals surface area contributed by atoms with E-state index in [2.05, 4.69) is 30.8 Å². The molecule has 2 aromatic heterocycles. The number of rotatable bonds is 5. The van der Waals surface area contributed by atoms with Gasteiger partial charge in [-0.25, -0.2) is 4.98 Å². The molecule has 2 aromatic carbocycles. The molecule has 27 heavy (non-hydrogen) atoms. The van der Waals surface area contributed by atoms with Crippen molar-refractivity contribution in [1.29, 1.82) is 0 Å². The van der Waals surface area contributed by atoms with Crippen molar-refractivity contribution in [3.8, 4) is 0 Å². The van der Waals surface area contributed by atoms with Crippen LogP contribution in [0.25, 0.3) is 10.9 Å².